The summed E-state index contributed by atoms with van der Waals surface area (Å²) in [6, 6.07) is 0. The van der Waals surface area contributed by atoms with Crippen LogP contribution in [-0.2, 0) is 11.2 Å². The average Bonchev–Trinajstić information content (AvgIpc) is 2.73. The normalized spacial score (nSPS) is 35.1. The highest BCUT2D eigenvalue weighted by molar-refractivity contribution is 7.09. The van der Waals surface area contributed by atoms with Crippen molar-refractivity contribution in [3.63, 3.8) is 0 Å². The first-order chi connectivity index (χ1) is 7.99. The minimum Gasteiger partial charge on any atom is -0.392 e. The van der Waals surface area contributed by atoms with E-state index >= 15 is 0 Å². The molecule has 4 heteroatoms. The van der Waals surface area contributed by atoms with E-state index in [4.69, 9.17) is 4.74 Å². The van der Waals surface area contributed by atoms with Crippen LogP contribution in [0.4, 0.5) is 0 Å². The molecule has 1 N–H and O–H groups in total. The van der Waals surface area contributed by atoms with Crippen LogP contribution in [0, 0.1) is 18.8 Å². The predicted octanol–water partition coefficient (Wildman–Crippen LogP) is 2.41. The van der Waals surface area contributed by atoms with Crippen molar-refractivity contribution >= 4 is 11.3 Å². The molecule has 0 spiro atoms. The predicted molar refractivity (Wildman–Crippen MR) is 69.2 cm³/mol. The second-order valence-corrected chi connectivity index (χ2v) is 6.08. The summed E-state index contributed by atoms with van der Waals surface area (Å²) in [7, 11) is 0. The Labute approximate surface area is 107 Å². The second kappa shape index (κ2) is 5.04. The van der Waals surface area contributed by atoms with Crippen LogP contribution in [0.5, 0.6) is 0 Å². The number of aryl methyl sites for hydroxylation is 1. The first-order valence-corrected chi connectivity index (χ1v) is 7.11. The molecule has 1 aliphatic heterocycles. The molecule has 0 bridgehead atoms. The van der Waals surface area contributed by atoms with Crippen molar-refractivity contribution in [2.24, 2.45) is 11.8 Å². The number of thiazole rings is 1. The van der Waals surface area contributed by atoms with E-state index in [-0.39, 0.29) is 24.2 Å². The summed E-state index contributed by atoms with van der Waals surface area (Å²) < 4.78 is 5.77. The molecule has 5 unspecified atom stereocenters. The molecule has 1 aromatic heterocycles. The van der Waals surface area contributed by atoms with Gasteiger partial charge in [-0.3, -0.25) is 0 Å². The monoisotopic (exact) mass is 255 g/mol. The van der Waals surface area contributed by atoms with Gasteiger partial charge in [-0.15, -0.1) is 11.3 Å². The van der Waals surface area contributed by atoms with E-state index in [9.17, 15) is 5.11 Å². The number of nitrogens with zero attached hydrogens (tertiary/aromatic N) is 1. The van der Waals surface area contributed by atoms with Crippen molar-refractivity contribution in [3.8, 4) is 0 Å². The van der Waals surface area contributed by atoms with E-state index in [1.54, 1.807) is 11.3 Å². The molecule has 3 nitrogen and oxygen atoms in total. The lowest BCUT2D eigenvalue weighted by Crippen LogP contribution is -2.32. The third-order valence-electron chi connectivity index (χ3n) is 3.81. The summed E-state index contributed by atoms with van der Waals surface area (Å²) in [5.41, 5.74) is 1.04. The fourth-order valence-electron chi connectivity index (χ4n) is 2.77. The van der Waals surface area contributed by atoms with Gasteiger partial charge in [0.1, 0.15) is 0 Å². The molecule has 0 aliphatic carbocycles. The Bertz CT molecular complexity index is 379. The van der Waals surface area contributed by atoms with Gasteiger partial charge in [-0.2, -0.15) is 0 Å². The van der Waals surface area contributed by atoms with Gasteiger partial charge in [0.05, 0.1) is 23.3 Å². The van der Waals surface area contributed by atoms with Crippen LogP contribution >= 0.6 is 11.3 Å². The van der Waals surface area contributed by atoms with Gasteiger partial charge in [-0.25, -0.2) is 4.98 Å². The summed E-state index contributed by atoms with van der Waals surface area (Å²) in [4.78, 5) is 4.41. The molecule has 96 valence electrons. The summed E-state index contributed by atoms with van der Waals surface area (Å²) in [5.74, 6) is 0.621. The van der Waals surface area contributed by atoms with Crippen molar-refractivity contribution < 1.29 is 9.84 Å². The standard InChI is InChI=1S/C13H21NO2S/c1-7-6-17-12(14-7)5-11(15)13-8(2)9(3)16-10(13)4/h6,8-11,13,15H,5H2,1-4H3. The molecule has 1 aliphatic rings. The molecule has 5 atom stereocenters. The first-order valence-electron chi connectivity index (χ1n) is 6.23. The van der Waals surface area contributed by atoms with Crippen molar-refractivity contribution in [1.82, 2.24) is 4.98 Å². The smallest absolute Gasteiger partial charge is 0.0954 e. The van der Waals surface area contributed by atoms with Crippen molar-refractivity contribution in [2.75, 3.05) is 0 Å². The van der Waals surface area contributed by atoms with E-state index in [2.05, 4.69) is 25.8 Å². The van der Waals surface area contributed by atoms with Crippen LogP contribution < -0.4 is 0 Å². The van der Waals surface area contributed by atoms with Crippen LogP contribution in [0.1, 0.15) is 31.5 Å². The average molecular weight is 255 g/mol. The third-order valence-corrected chi connectivity index (χ3v) is 4.80. The summed E-state index contributed by atoms with van der Waals surface area (Å²) in [5, 5.41) is 13.4. The summed E-state index contributed by atoms with van der Waals surface area (Å²) in [6.45, 7) is 8.29. The fraction of sp³-hybridized carbons (Fsp3) is 0.769. The molecule has 0 amide bonds. The van der Waals surface area contributed by atoms with Gasteiger partial charge in [0.2, 0.25) is 0 Å². The molecule has 0 aromatic carbocycles. The SMILES string of the molecule is Cc1csc(CC(O)C2C(C)OC(C)C2C)n1. The van der Waals surface area contributed by atoms with Gasteiger partial charge in [0, 0.05) is 23.4 Å². The zero-order valence-electron chi connectivity index (χ0n) is 10.9. The molecular weight excluding hydrogens is 234 g/mol. The van der Waals surface area contributed by atoms with Crippen molar-refractivity contribution in [1.29, 1.82) is 0 Å². The summed E-state index contributed by atoms with van der Waals surface area (Å²) >= 11 is 1.63. The van der Waals surface area contributed by atoms with Crippen LogP contribution in [-0.4, -0.2) is 28.4 Å². The fourth-order valence-corrected chi connectivity index (χ4v) is 3.59. The molecule has 2 heterocycles. The highest BCUT2D eigenvalue weighted by Crippen LogP contribution is 2.35. The van der Waals surface area contributed by atoms with Crippen molar-refractivity contribution in [2.45, 2.75) is 52.4 Å². The lowest BCUT2D eigenvalue weighted by molar-refractivity contribution is 0.0239. The van der Waals surface area contributed by atoms with E-state index in [0.717, 1.165) is 10.7 Å². The maximum Gasteiger partial charge on any atom is 0.0954 e. The molecule has 1 aromatic rings. The molecular formula is C13H21NO2S. The second-order valence-electron chi connectivity index (χ2n) is 5.14. The molecule has 0 radical (unpaired) electrons. The molecule has 1 saturated heterocycles. The first kappa shape index (κ1) is 13.0. The van der Waals surface area contributed by atoms with Gasteiger partial charge in [0.15, 0.2) is 0 Å². The van der Waals surface area contributed by atoms with Gasteiger partial charge in [-0.1, -0.05) is 6.92 Å². The highest BCUT2D eigenvalue weighted by atomic mass is 32.1. The molecule has 0 saturated carbocycles. The molecule has 2 rings (SSSR count). The lowest BCUT2D eigenvalue weighted by Gasteiger charge is -2.23. The van der Waals surface area contributed by atoms with E-state index in [0.29, 0.717) is 12.3 Å². The Kier molecular flexibility index (Phi) is 3.85. The summed E-state index contributed by atoms with van der Waals surface area (Å²) in [6.07, 6.45) is 0.669. The highest BCUT2D eigenvalue weighted by Gasteiger charge is 2.41. The molecule has 17 heavy (non-hydrogen) atoms. The van der Waals surface area contributed by atoms with Crippen LogP contribution in [0.15, 0.2) is 5.38 Å². The minimum atomic E-state index is -0.351. The van der Waals surface area contributed by atoms with Crippen molar-refractivity contribution in [3.05, 3.63) is 16.1 Å². The number of ether oxygens (including phenoxy) is 1. The number of hydrogen-bond acceptors (Lipinski definition) is 4. The van der Waals surface area contributed by atoms with Crippen LogP contribution in [0.25, 0.3) is 0 Å². The van der Waals surface area contributed by atoms with Gasteiger partial charge < -0.3 is 9.84 Å². The zero-order chi connectivity index (χ0) is 12.6. The van der Waals surface area contributed by atoms with E-state index in [1.165, 1.54) is 0 Å². The Balaban J connectivity index is 2.02. The van der Waals surface area contributed by atoms with Gasteiger partial charge in [-0.05, 0) is 26.7 Å². The number of aliphatic hydroxyl groups excluding tert-OH is 1. The Morgan fingerprint density at radius 3 is 2.59 bits per heavy atom. The maximum absolute atomic E-state index is 10.4. The Morgan fingerprint density at radius 2 is 2.12 bits per heavy atom. The third kappa shape index (κ3) is 2.69. The van der Waals surface area contributed by atoms with Crippen LogP contribution in [0.3, 0.4) is 0 Å². The number of hydrogen-bond donors (Lipinski definition) is 1. The van der Waals surface area contributed by atoms with Gasteiger partial charge in [0.25, 0.3) is 0 Å². The molecule has 1 fully saturated rings. The largest absolute Gasteiger partial charge is 0.392 e. The minimum absolute atomic E-state index is 0.135. The van der Waals surface area contributed by atoms with Crippen LogP contribution in [0.2, 0.25) is 0 Å². The Morgan fingerprint density at radius 1 is 1.41 bits per heavy atom. The lowest BCUT2D eigenvalue weighted by atomic mass is 9.84. The number of rotatable bonds is 3. The number of aliphatic hydroxyl groups is 1. The number of aromatic nitrogens is 1. The zero-order valence-corrected chi connectivity index (χ0v) is 11.7. The van der Waals surface area contributed by atoms with E-state index in [1.807, 2.05) is 12.3 Å². The maximum atomic E-state index is 10.4. The quantitative estimate of drug-likeness (QED) is 0.902. The van der Waals surface area contributed by atoms with E-state index < -0.39 is 0 Å². The topological polar surface area (TPSA) is 42.4 Å². The Hall–Kier alpha value is -0.450. The van der Waals surface area contributed by atoms with Gasteiger partial charge >= 0.3 is 0 Å².